The standard InChI is InChI=1S/C9H13N3O7S/c1-19-3-2-5(8(14)15)12-20(17,18)6-4-10-9(16)11-7(6)13/h4-5,12H,2-3H2,1H3,(H,14,15)(H2,10,11,13,16). The summed E-state index contributed by atoms with van der Waals surface area (Å²) >= 11 is 0. The smallest absolute Gasteiger partial charge is 0.325 e. The Kier molecular flexibility index (Phi) is 5.19. The third kappa shape index (κ3) is 4.01. The van der Waals surface area contributed by atoms with Crippen molar-refractivity contribution in [3.05, 3.63) is 27.0 Å². The molecule has 20 heavy (non-hydrogen) atoms. The van der Waals surface area contributed by atoms with E-state index in [9.17, 15) is 22.8 Å². The normalized spacial score (nSPS) is 13.1. The van der Waals surface area contributed by atoms with Crippen LogP contribution in [-0.2, 0) is 19.6 Å². The Morgan fingerprint density at radius 2 is 2.15 bits per heavy atom. The molecule has 0 fully saturated rings. The van der Waals surface area contributed by atoms with E-state index in [1.807, 2.05) is 9.71 Å². The van der Waals surface area contributed by atoms with Crippen molar-refractivity contribution in [2.24, 2.45) is 0 Å². The summed E-state index contributed by atoms with van der Waals surface area (Å²) in [5, 5.41) is 8.90. The van der Waals surface area contributed by atoms with Gasteiger partial charge in [0.05, 0.1) is 0 Å². The zero-order valence-corrected chi connectivity index (χ0v) is 11.2. The summed E-state index contributed by atoms with van der Waals surface area (Å²) in [5.41, 5.74) is -2.01. The molecule has 0 aromatic carbocycles. The molecule has 0 spiro atoms. The van der Waals surface area contributed by atoms with Gasteiger partial charge in [0.2, 0.25) is 10.0 Å². The Bertz CT molecular complexity index is 690. The number of carboxylic acids is 1. The highest BCUT2D eigenvalue weighted by molar-refractivity contribution is 7.89. The molecule has 0 saturated heterocycles. The lowest BCUT2D eigenvalue weighted by molar-refractivity contribution is -0.139. The second-order valence-corrected chi connectivity index (χ2v) is 5.41. The van der Waals surface area contributed by atoms with Crippen molar-refractivity contribution in [3.63, 3.8) is 0 Å². The number of carboxylic acid groups (broad SMARTS) is 1. The summed E-state index contributed by atoms with van der Waals surface area (Å²) in [5.74, 6) is -1.41. The molecular formula is C9H13N3O7S. The first-order valence-electron chi connectivity index (χ1n) is 5.34. The first-order chi connectivity index (χ1) is 9.27. The van der Waals surface area contributed by atoms with E-state index in [0.29, 0.717) is 6.20 Å². The number of hydrogen-bond donors (Lipinski definition) is 4. The monoisotopic (exact) mass is 307 g/mol. The van der Waals surface area contributed by atoms with Crippen LogP contribution in [0.25, 0.3) is 0 Å². The lowest BCUT2D eigenvalue weighted by Crippen LogP contribution is -2.43. The lowest BCUT2D eigenvalue weighted by Gasteiger charge is -2.13. The summed E-state index contributed by atoms with van der Waals surface area (Å²) in [6, 6.07) is -1.45. The molecule has 0 aliphatic heterocycles. The van der Waals surface area contributed by atoms with Gasteiger partial charge in [0.1, 0.15) is 6.04 Å². The third-order valence-electron chi connectivity index (χ3n) is 2.28. The van der Waals surface area contributed by atoms with E-state index in [1.54, 1.807) is 4.98 Å². The number of sulfonamides is 1. The highest BCUT2D eigenvalue weighted by atomic mass is 32.2. The second kappa shape index (κ2) is 6.45. The maximum atomic E-state index is 11.9. The molecule has 0 aliphatic rings. The predicted octanol–water partition coefficient (Wildman–Crippen LogP) is -2.17. The zero-order chi connectivity index (χ0) is 15.3. The molecule has 1 aromatic heterocycles. The Morgan fingerprint density at radius 3 is 2.65 bits per heavy atom. The molecule has 1 heterocycles. The van der Waals surface area contributed by atoms with Crippen molar-refractivity contribution in [2.45, 2.75) is 17.4 Å². The highest BCUT2D eigenvalue weighted by Crippen LogP contribution is 2.03. The summed E-state index contributed by atoms with van der Waals surface area (Å²) in [6.07, 6.45) is 0.574. The van der Waals surface area contributed by atoms with E-state index in [1.165, 1.54) is 7.11 Å². The molecule has 1 rings (SSSR count). The Morgan fingerprint density at radius 1 is 1.50 bits per heavy atom. The Balaban J connectivity index is 3.06. The highest BCUT2D eigenvalue weighted by Gasteiger charge is 2.27. The van der Waals surface area contributed by atoms with Crippen LogP contribution in [-0.4, -0.2) is 49.2 Å². The molecule has 0 amide bonds. The number of aromatic amines is 2. The summed E-state index contributed by atoms with van der Waals surface area (Å²) in [7, 11) is -3.05. The van der Waals surface area contributed by atoms with Crippen molar-refractivity contribution in [3.8, 4) is 0 Å². The van der Waals surface area contributed by atoms with E-state index in [-0.39, 0.29) is 13.0 Å². The molecular weight excluding hydrogens is 294 g/mol. The number of methoxy groups -OCH3 is 1. The maximum absolute atomic E-state index is 11.9. The molecule has 0 bridgehead atoms. The fraction of sp³-hybridized carbons (Fsp3) is 0.444. The van der Waals surface area contributed by atoms with Gasteiger partial charge in [-0.1, -0.05) is 0 Å². The van der Waals surface area contributed by atoms with E-state index in [2.05, 4.69) is 4.74 Å². The van der Waals surface area contributed by atoms with Gasteiger partial charge in [0.15, 0.2) is 4.90 Å². The fourth-order valence-corrected chi connectivity index (χ4v) is 2.55. The second-order valence-electron chi connectivity index (χ2n) is 3.73. The Hall–Kier alpha value is -1.98. The number of ether oxygens (including phenoxy) is 1. The maximum Gasteiger partial charge on any atom is 0.325 e. The van der Waals surface area contributed by atoms with E-state index >= 15 is 0 Å². The lowest BCUT2D eigenvalue weighted by atomic mass is 10.2. The van der Waals surface area contributed by atoms with Crippen LogP contribution in [0.4, 0.5) is 0 Å². The number of hydrogen-bond acceptors (Lipinski definition) is 6. The molecule has 11 heteroatoms. The van der Waals surface area contributed by atoms with Crippen molar-refractivity contribution in [1.29, 1.82) is 0 Å². The molecule has 0 radical (unpaired) electrons. The summed E-state index contributed by atoms with van der Waals surface area (Å²) in [6.45, 7) is 0.0153. The molecule has 112 valence electrons. The van der Waals surface area contributed by atoms with Crippen molar-refractivity contribution in [1.82, 2.24) is 14.7 Å². The molecule has 0 saturated carbocycles. The van der Waals surface area contributed by atoms with Crippen molar-refractivity contribution >= 4 is 16.0 Å². The first-order valence-corrected chi connectivity index (χ1v) is 6.82. The van der Waals surface area contributed by atoms with Crippen LogP contribution < -0.4 is 16.0 Å². The quantitative estimate of drug-likeness (QED) is 0.446. The van der Waals surface area contributed by atoms with Crippen LogP contribution in [0.1, 0.15) is 6.42 Å². The minimum absolute atomic E-state index is 0.0153. The summed E-state index contributed by atoms with van der Waals surface area (Å²) < 4.78 is 30.3. The van der Waals surface area contributed by atoms with Crippen LogP contribution in [0.3, 0.4) is 0 Å². The largest absolute Gasteiger partial charge is 0.480 e. The van der Waals surface area contributed by atoms with Gasteiger partial charge < -0.3 is 14.8 Å². The number of H-pyrrole nitrogens is 2. The van der Waals surface area contributed by atoms with Crippen LogP contribution in [0.5, 0.6) is 0 Å². The molecule has 0 aliphatic carbocycles. The minimum Gasteiger partial charge on any atom is -0.480 e. The molecule has 1 aromatic rings. The van der Waals surface area contributed by atoms with Gasteiger partial charge in [0.25, 0.3) is 5.56 Å². The topological polar surface area (TPSA) is 158 Å². The fourth-order valence-electron chi connectivity index (χ4n) is 1.32. The van der Waals surface area contributed by atoms with E-state index in [0.717, 1.165) is 0 Å². The van der Waals surface area contributed by atoms with E-state index in [4.69, 9.17) is 5.11 Å². The predicted molar refractivity (Wildman–Crippen MR) is 65.9 cm³/mol. The van der Waals surface area contributed by atoms with Gasteiger partial charge in [0, 0.05) is 19.9 Å². The van der Waals surface area contributed by atoms with Gasteiger partial charge >= 0.3 is 11.7 Å². The number of aliphatic carboxylic acids is 1. The third-order valence-corrected chi connectivity index (χ3v) is 3.76. The number of nitrogens with one attached hydrogen (secondary N) is 3. The van der Waals surface area contributed by atoms with Crippen molar-refractivity contribution < 1.29 is 23.1 Å². The van der Waals surface area contributed by atoms with Crippen LogP contribution in [0.15, 0.2) is 20.7 Å². The zero-order valence-electron chi connectivity index (χ0n) is 10.4. The van der Waals surface area contributed by atoms with Gasteiger partial charge in [-0.25, -0.2) is 13.2 Å². The first kappa shape index (κ1) is 16.1. The van der Waals surface area contributed by atoms with Crippen LogP contribution >= 0.6 is 0 Å². The Labute approximate surface area is 112 Å². The number of rotatable bonds is 7. The average molecular weight is 307 g/mol. The number of carbonyl (C=O) groups is 1. The summed E-state index contributed by atoms with van der Waals surface area (Å²) in [4.78, 5) is 36.1. The van der Waals surface area contributed by atoms with Gasteiger partial charge in [-0.15, -0.1) is 0 Å². The SMILES string of the molecule is COCCC(NS(=O)(=O)c1c[nH]c(=O)[nH]c1=O)C(=O)O. The van der Waals surface area contributed by atoms with Gasteiger partial charge in [-0.2, -0.15) is 4.72 Å². The average Bonchev–Trinajstić information content (AvgIpc) is 2.33. The number of aromatic nitrogens is 2. The van der Waals surface area contributed by atoms with Gasteiger partial charge in [-0.3, -0.25) is 14.6 Å². The molecule has 4 N–H and O–H groups in total. The molecule has 1 atom stereocenters. The molecule has 1 unspecified atom stereocenters. The van der Waals surface area contributed by atoms with Crippen molar-refractivity contribution in [2.75, 3.05) is 13.7 Å². The molecule has 10 nitrogen and oxygen atoms in total. The van der Waals surface area contributed by atoms with Crippen LogP contribution in [0.2, 0.25) is 0 Å². The van der Waals surface area contributed by atoms with E-state index < -0.39 is 38.2 Å². The van der Waals surface area contributed by atoms with Gasteiger partial charge in [-0.05, 0) is 6.42 Å². The van der Waals surface area contributed by atoms with Crippen LogP contribution in [0, 0.1) is 0 Å². The minimum atomic E-state index is -4.38.